The van der Waals surface area contributed by atoms with Crippen LogP contribution in [-0.2, 0) is 22.9 Å². The average Bonchev–Trinajstić information content (AvgIpc) is 2.78. The Morgan fingerprint density at radius 2 is 1.10 bits per heavy atom. The lowest BCUT2D eigenvalue weighted by Gasteiger charge is -2.20. The van der Waals surface area contributed by atoms with Crippen molar-refractivity contribution in [2.75, 3.05) is 23.9 Å². The van der Waals surface area contributed by atoms with E-state index in [4.69, 9.17) is 13.6 Å². The highest BCUT2D eigenvalue weighted by Gasteiger charge is 2.30. The summed E-state index contributed by atoms with van der Waals surface area (Å²) in [4.78, 5) is 11.3. The van der Waals surface area contributed by atoms with Crippen molar-refractivity contribution in [3.63, 3.8) is 0 Å². The van der Waals surface area contributed by atoms with E-state index < -0.39 is 13.9 Å². The van der Waals surface area contributed by atoms with Gasteiger partial charge in [0.2, 0.25) is 0 Å². The maximum atomic E-state index is 12.6. The zero-order valence-electron chi connectivity index (χ0n) is 19.5. The van der Waals surface area contributed by atoms with Gasteiger partial charge in [-0.15, -0.1) is 0 Å². The van der Waals surface area contributed by atoms with Crippen LogP contribution in [0.15, 0.2) is 0 Å². The second kappa shape index (κ2) is 23.9. The first-order chi connectivity index (χ1) is 15.1. The van der Waals surface area contributed by atoms with Crippen LogP contribution in [-0.4, -0.2) is 36.3 Å². The molecule has 0 fully saturated rings. The molecular weight excluding hydrogens is 547 g/mol. The molecule has 0 rings (SSSR count). The van der Waals surface area contributed by atoms with E-state index in [0.29, 0.717) is 23.4 Å². The van der Waals surface area contributed by atoms with Crippen molar-refractivity contribution in [2.45, 2.75) is 116 Å². The number of aldehydes is 1. The van der Waals surface area contributed by atoms with E-state index in [1.807, 2.05) is 0 Å². The fraction of sp³-hybridized carbons (Fsp3) is 0.957. The van der Waals surface area contributed by atoms with Crippen LogP contribution in [0.2, 0.25) is 0 Å². The third-order valence-electron chi connectivity index (χ3n) is 5.16. The van der Waals surface area contributed by atoms with Crippen LogP contribution in [0.4, 0.5) is 0 Å². The maximum Gasteiger partial charge on any atom is 0.475 e. The van der Waals surface area contributed by atoms with Crippen molar-refractivity contribution < 1.29 is 22.9 Å². The van der Waals surface area contributed by atoms with E-state index in [1.54, 1.807) is 0 Å². The Morgan fingerprint density at radius 1 is 0.710 bits per heavy atom. The number of hydrogen-bond donors (Lipinski definition) is 0. The summed E-state index contributed by atoms with van der Waals surface area (Å²) in [6.07, 6.45) is 19.9. The van der Waals surface area contributed by atoms with Crippen LogP contribution in [0.5, 0.6) is 0 Å². The molecule has 0 aromatic heterocycles. The number of phosphoric ester groups is 1. The van der Waals surface area contributed by atoms with Gasteiger partial charge in [-0.05, 0) is 6.42 Å². The SMILES string of the molecule is CCCCCCCCCCCCCCCCCC(C=O)OP(=O)(OCCBr)OCCBr. The molecule has 0 radical (unpaired) electrons. The summed E-state index contributed by atoms with van der Waals surface area (Å²) in [6, 6.07) is 0. The van der Waals surface area contributed by atoms with Crippen molar-refractivity contribution in [1.29, 1.82) is 0 Å². The average molecular weight is 592 g/mol. The minimum absolute atomic E-state index is 0.199. The molecule has 0 spiro atoms. The zero-order valence-corrected chi connectivity index (χ0v) is 23.6. The second-order valence-electron chi connectivity index (χ2n) is 8.01. The molecule has 0 N–H and O–H groups in total. The summed E-state index contributed by atoms with van der Waals surface area (Å²) in [5, 5.41) is 1.03. The fourth-order valence-electron chi connectivity index (χ4n) is 3.42. The number of alkyl halides is 2. The van der Waals surface area contributed by atoms with E-state index in [0.717, 1.165) is 12.8 Å². The van der Waals surface area contributed by atoms with Gasteiger partial charge in [0, 0.05) is 10.7 Å². The molecule has 0 aromatic carbocycles. The summed E-state index contributed by atoms with van der Waals surface area (Å²) in [6.45, 7) is 2.66. The highest BCUT2D eigenvalue weighted by atomic mass is 79.9. The predicted molar refractivity (Wildman–Crippen MR) is 138 cm³/mol. The number of rotatable bonds is 25. The molecule has 186 valence electrons. The Kier molecular flexibility index (Phi) is 24.5. The molecule has 0 saturated heterocycles. The molecule has 0 aliphatic heterocycles. The van der Waals surface area contributed by atoms with Crippen LogP contribution < -0.4 is 0 Å². The number of carbonyl (C=O) groups is 1. The number of hydrogen-bond acceptors (Lipinski definition) is 5. The van der Waals surface area contributed by atoms with Crippen LogP contribution in [0, 0.1) is 0 Å². The normalized spacial score (nSPS) is 12.9. The molecule has 0 aliphatic carbocycles. The van der Waals surface area contributed by atoms with Crippen molar-refractivity contribution in [3.05, 3.63) is 0 Å². The molecule has 0 bridgehead atoms. The summed E-state index contributed by atoms with van der Waals surface area (Å²) in [7, 11) is -3.71. The Hall–Kier alpha value is 0.740. The van der Waals surface area contributed by atoms with E-state index in [-0.39, 0.29) is 13.2 Å². The first-order valence-electron chi connectivity index (χ1n) is 12.3. The maximum absolute atomic E-state index is 12.6. The summed E-state index contributed by atoms with van der Waals surface area (Å²) in [5.41, 5.74) is 0. The Bertz CT molecular complexity index is 428. The van der Waals surface area contributed by atoms with Crippen LogP contribution in [0.1, 0.15) is 110 Å². The molecule has 1 unspecified atom stereocenters. The summed E-state index contributed by atoms with van der Waals surface area (Å²) >= 11 is 6.44. The monoisotopic (exact) mass is 590 g/mol. The molecule has 0 aliphatic rings. The molecule has 1 atom stereocenters. The molecular formula is C23H45Br2O5P. The molecule has 0 amide bonds. The summed E-state index contributed by atoms with van der Waals surface area (Å²) in [5.74, 6) is 0. The van der Waals surface area contributed by atoms with Crippen molar-refractivity contribution in [1.82, 2.24) is 0 Å². The molecule has 0 heterocycles. The van der Waals surface area contributed by atoms with Gasteiger partial charge in [0.05, 0.1) is 13.2 Å². The third kappa shape index (κ3) is 21.0. The molecule has 8 heteroatoms. The van der Waals surface area contributed by atoms with E-state index in [1.165, 1.54) is 83.5 Å². The number of carbonyl (C=O) groups excluding carboxylic acids is 1. The number of halogens is 2. The topological polar surface area (TPSA) is 61.8 Å². The van der Waals surface area contributed by atoms with Gasteiger partial charge < -0.3 is 4.79 Å². The molecule has 0 aromatic rings. The Balaban J connectivity index is 3.70. The van der Waals surface area contributed by atoms with Gasteiger partial charge in [-0.1, -0.05) is 135 Å². The number of phosphoric acid groups is 1. The first-order valence-corrected chi connectivity index (χ1v) is 16.0. The second-order valence-corrected chi connectivity index (χ2v) is 11.2. The lowest BCUT2D eigenvalue weighted by molar-refractivity contribution is -0.115. The standard InChI is InChI=1S/C23H45Br2O5P/c1-2-3-4-5-6-7-8-9-10-11-12-13-14-15-16-17-23(22-26)30-31(27,28-20-18-24)29-21-19-25/h22-23H,2-21H2,1H3. The Labute approximate surface area is 208 Å². The Morgan fingerprint density at radius 3 is 1.45 bits per heavy atom. The van der Waals surface area contributed by atoms with Gasteiger partial charge in [0.1, 0.15) is 12.4 Å². The van der Waals surface area contributed by atoms with Crippen LogP contribution in [0.3, 0.4) is 0 Å². The minimum Gasteiger partial charge on any atom is -0.300 e. The fourth-order valence-corrected chi connectivity index (χ4v) is 5.56. The third-order valence-corrected chi connectivity index (χ3v) is 7.34. The van der Waals surface area contributed by atoms with Gasteiger partial charge in [0.25, 0.3) is 0 Å². The van der Waals surface area contributed by atoms with Gasteiger partial charge in [-0.25, -0.2) is 4.57 Å². The van der Waals surface area contributed by atoms with E-state index in [2.05, 4.69) is 38.8 Å². The van der Waals surface area contributed by atoms with Gasteiger partial charge >= 0.3 is 7.82 Å². The van der Waals surface area contributed by atoms with Gasteiger partial charge in [-0.2, -0.15) is 0 Å². The summed E-state index contributed by atoms with van der Waals surface area (Å²) < 4.78 is 28.5. The van der Waals surface area contributed by atoms with Crippen LogP contribution in [0.25, 0.3) is 0 Å². The van der Waals surface area contributed by atoms with Gasteiger partial charge in [0.15, 0.2) is 0 Å². The smallest absolute Gasteiger partial charge is 0.300 e. The molecule has 31 heavy (non-hydrogen) atoms. The largest absolute Gasteiger partial charge is 0.475 e. The van der Waals surface area contributed by atoms with Crippen LogP contribution >= 0.6 is 39.7 Å². The van der Waals surface area contributed by atoms with E-state index in [9.17, 15) is 9.36 Å². The molecule has 5 nitrogen and oxygen atoms in total. The minimum atomic E-state index is -3.71. The highest BCUT2D eigenvalue weighted by Crippen LogP contribution is 2.50. The van der Waals surface area contributed by atoms with Crippen molar-refractivity contribution in [2.24, 2.45) is 0 Å². The lowest BCUT2D eigenvalue weighted by Crippen LogP contribution is -2.16. The van der Waals surface area contributed by atoms with Crippen molar-refractivity contribution in [3.8, 4) is 0 Å². The van der Waals surface area contributed by atoms with Crippen molar-refractivity contribution >= 4 is 46.0 Å². The number of unbranched alkanes of at least 4 members (excludes halogenated alkanes) is 14. The van der Waals surface area contributed by atoms with Gasteiger partial charge in [-0.3, -0.25) is 13.6 Å². The quantitative estimate of drug-likeness (QED) is 0.0459. The predicted octanol–water partition coefficient (Wildman–Crippen LogP) is 8.76. The lowest BCUT2D eigenvalue weighted by atomic mass is 10.0. The highest BCUT2D eigenvalue weighted by molar-refractivity contribution is 9.09. The molecule has 0 saturated carbocycles. The van der Waals surface area contributed by atoms with E-state index >= 15 is 0 Å². The zero-order chi connectivity index (χ0) is 23.0. The first kappa shape index (κ1) is 31.7.